The molecule has 7 heteroatoms. The van der Waals surface area contributed by atoms with Crippen molar-refractivity contribution in [2.24, 2.45) is 5.41 Å². The lowest BCUT2D eigenvalue weighted by Gasteiger charge is -2.40. The van der Waals surface area contributed by atoms with Gasteiger partial charge in [0.25, 0.3) is 0 Å². The van der Waals surface area contributed by atoms with Gasteiger partial charge in [0.2, 0.25) is 0 Å². The number of cyclic esters (lactones) is 1. The van der Waals surface area contributed by atoms with Crippen LogP contribution >= 0.6 is 0 Å². The topological polar surface area (TPSA) is 78.5 Å². The van der Waals surface area contributed by atoms with E-state index in [0.29, 0.717) is 18.6 Å². The zero-order chi connectivity index (χ0) is 17.1. The highest BCUT2D eigenvalue weighted by Gasteiger charge is 2.52. The monoisotopic (exact) mass is 330 g/mol. The number of esters is 1. The zero-order valence-corrected chi connectivity index (χ0v) is 14.3. The fourth-order valence-electron chi connectivity index (χ4n) is 3.66. The Balaban J connectivity index is 1.69. The molecule has 1 unspecified atom stereocenters. The van der Waals surface area contributed by atoms with Gasteiger partial charge in [-0.1, -0.05) is 27.2 Å². The van der Waals surface area contributed by atoms with E-state index in [9.17, 15) is 9.59 Å². The smallest absolute Gasteiger partial charge is 0.351 e. The molecule has 0 N–H and O–H groups in total. The van der Waals surface area contributed by atoms with Crippen LogP contribution in [0.3, 0.4) is 0 Å². The molecule has 1 atom stereocenters. The first-order chi connectivity index (χ1) is 11.3. The third kappa shape index (κ3) is 2.25. The molecule has 128 valence electrons. The molecule has 0 amide bonds. The maximum Gasteiger partial charge on any atom is 0.351 e. The molecule has 1 aliphatic heterocycles. The molecule has 24 heavy (non-hydrogen) atoms. The largest absolute Gasteiger partial charge is 0.460 e. The lowest BCUT2D eigenvalue weighted by Crippen LogP contribution is -2.42. The highest BCUT2D eigenvalue weighted by atomic mass is 16.6. The van der Waals surface area contributed by atoms with Crippen LogP contribution in [-0.4, -0.2) is 31.2 Å². The van der Waals surface area contributed by atoms with Crippen LogP contribution in [0.5, 0.6) is 0 Å². The average Bonchev–Trinajstić information content (AvgIpc) is 3.02. The molecule has 0 radical (unpaired) electrons. The summed E-state index contributed by atoms with van der Waals surface area (Å²) < 4.78 is 8.34. The van der Waals surface area contributed by atoms with Crippen molar-refractivity contribution in [1.29, 1.82) is 0 Å². The second-order valence-electron chi connectivity index (χ2n) is 8.10. The van der Waals surface area contributed by atoms with E-state index in [1.807, 2.05) is 26.8 Å². The molecular weight excluding hydrogens is 308 g/mol. The number of ether oxygens (including phenoxy) is 1. The maximum absolute atomic E-state index is 12.7. The number of aromatic nitrogens is 4. The Morgan fingerprint density at radius 3 is 2.71 bits per heavy atom. The van der Waals surface area contributed by atoms with E-state index in [2.05, 4.69) is 10.1 Å². The van der Waals surface area contributed by atoms with Gasteiger partial charge in [-0.05, 0) is 12.8 Å². The molecule has 1 spiro atoms. The van der Waals surface area contributed by atoms with Crippen molar-refractivity contribution in [3.63, 3.8) is 0 Å². The maximum atomic E-state index is 12.7. The van der Waals surface area contributed by atoms with Gasteiger partial charge < -0.3 is 4.74 Å². The standard InChI is InChI=1S/C17H22N4O3/c1-16(2,3)11-7-13-18-10-20(15(23)21(13)19-11)9-12-17(5-4-6-17)8-14(22)24-12/h7,10,12H,4-6,8-9H2,1-3H3. The normalized spacial score (nSPS) is 22.8. The molecule has 2 aliphatic rings. The average molecular weight is 330 g/mol. The Morgan fingerprint density at radius 1 is 1.33 bits per heavy atom. The Labute approximate surface area is 139 Å². The predicted octanol–water partition coefficient (Wildman–Crippen LogP) is 1.67. The van der Waals surface area contributed by atoms with Gasteiger partial charge >= 0.3 is 11.7 Å². The van der Waals surface area contributed by atoms with Crippen LogP contribution in [-0.2, 0) is 21.5 Å². The van der Waals surface area contributed by atoms with Crippen LogP contribution in [0, 0.1) is 5.41 Å². The van der Waals surface area contributed by atoms with Crippen molar-refractivity contribution >= 4 is 11.6 Å². The summed E-state index contributed by atoms with van der Waals surface area (Å²) in [6.07, 6.45) is 4.86. The van der Waals surface area contributed by atoms with E-state index in [0.717, 1.165) is 25.0 Å². The Kier molecular flexibility index (Phi) is 3.14. The van der Waals surface area contributed by atoms with Crippen LogP contribution in [0.25, 0.3) is 5.65 Å². The summed E-state index contributed by atoms with van der Waals surface area (Å²) in [5.41, 5.74) is 0.900. The third-order valence-electron chi connectivity index (χ3n) is 5.38. The van der Waals surface area contributed by atoms with Crippen LogP contribution < -0.4 is 5.69 Å². The van der Waals surface area contributed by atoms with E-state index < -0.39 is 0 Å². The second kappa shape index (κ2) is 4.91. The summed E-state index contributed by atoms with van der Waals surface area (Å²) in [4.78, 5) is 28.8. The minimum atomic E-state index is -0.243. The number of carbonyl (C=O) groups excluding carboxylic acids is 1. The first kappa shape index (κ1) is 15.4. The number of hydrogen-bond donors (Lipinski definition) is 0. The molecule has 1 aliphatic carbocycles. The summed E-state index contributed by atoms with van der Waals surface area (Å²) in [6.45, 7) is 6.49. The van der Waals surface area contributed by atoms with E-state index in [1.165, 1.54) is 15.4 Å². The number of nitrogens with zero attached hydrogens (tertiary/aromatic N) is 4. The van der Waals surface area contributed by atoms with Crippen molar-refractivity contribution < 1.29 is 9.53 Å². The Hall–Kier alpha value is -2.18. The molecule has 3 heterocycles. The van der Waals surface area contributed by atoms with E-state index >= 15 is 0 Å². The molecule has 4 rings (SSSR count). The summed E-state index contributed by atoms with van der Waals surface area (Å²) in [7, 11) is 0. The zero-order valence-electron chi connectivity index (χ0n) is 14.3. The van der Waals surface area contributed by atoms with Gasteiger partial charge in [0.1, 0.15) is 12.4 Å². The highest BCUT2D eigenvalue weighted by molar-refractivity contribution is 5.73. The van der Waals surface area contributed by atoms with E-state index in [1.54, 1.807) is 0 Å². The molecule has 2 fully saturated rings. The predicted molar refractivity (Wildman–Crippen MR) is 86.7 cm³/mol. The molecule has 1 saturated heterocycles. The van der Waals surface area contributed by atoms with Crippen LogP contribution in [0.15, 0.2) is 17.2 Å². The molecule has 2 aromatic rings. The number of carbonyl (C=O) groups is 1. The van der Waals surface area contributed by atoms with Crippen molar-refractivity contribution in [2.45, 2.75) is 64.5 Å². The van der Waals surface area contributed by atoms with Crippen molar-refractivity contribution in [3.05, 3.63) is 28.6 Å². The number of hydrogen-bond acceptors (Lipinski definition) is 5. The molecule has 1 saturated carbocycles. The number of fused-ring (bicyclic) bond motifs is 1. The molecular formula is C17H22N4O3. The van der Waals surface area contributed by atoms with Crippen LogP contribution in [0.4, 0.5) is 0 Å². The SMILES string of the molecule is CC(C)(C)c1cc2ncn(CC3OC(=O)CC34CCC4)c(=O)n2n1. The van der Waals surface area contributed by atoms with Gasteiger partial charge in [0, 0.05) is 16.9 Å². The molecule has 0 aromatic carbocycles. The van der Waals surface area contributed by atoms with Crippen LogP contribution in [0.1, 0.15) is 52.1 Å². The minimum absolute atomic E-state index is 0.0772. The Morgan fingerprint density at radius 2 is 2.08 bits per heavy atom. The van der Waals surface area contributed by atoms with Crippen LogP contribution in [0.2, 0.25) is 0 Å². The van der Waals surface area contributed by atoms with Gasteiger partial charge in [-0.2, -0.15) is 9.61 Å². The van der Waals surface area contributed by atoms with Gasteiger partial charge in [0.15, 0.2) is 5.65 Å². The molecule has 2 aromatic heterocycles. The quantitative estimate of drug-likeness (QED) is 0.783. The fraction of sp³-hybridized carbons (Fsp3) is 0.647. The molecule has 0 bridgehead atoms. The van der Waals surface area contributed by atoms with Gasteiger partial charge in [-0.25, -0.2) is 9.78 Å². The highest BCUT2D eigenvalue weighted by Crippen LogP contribution is 2.52. The van der Waals surface area contributed by atoms with E-state index in [4.69, 9.17) is 4.74 Å². The third-order valence-corrected chi connectivity index (χ3v) is 5.38. The summed E-state index contributed by atoms with van der Waals surface area (Å²) in [6, 6.07) is 1.84. The first-order valence-corrected chi connectivity index (χ1v) is 8.44. The summed E-state index contributed by atoms with van der Waals surface area (Å²) >= 11 is 0. The first-order valence-electron chi connectivity index (χ1n) is 8.44. The summed E-state index contributed by atoms with van der Waals surface area (Å²) in [5, 5.41) is 4.42. The number of rotatable bonds is 2. The van der Waals surface area contributed by atoms with Gasteiger partial charge in [0.05, 0.1) is 18.7 Å². The summed E-state index contributed by atoms with van der Waals surface area (Å²) in [5.74, 6) is -0.157. The van der Waals surface area contributed by atoms with Crippen molar-refractivity contribution in [1.82, 2.24) is 19.2 Å². The Bertz CT molecular complexity index is 870. The van der Waals surface area contributed by atoms with E-state index in [-0.39, 0.29) is 28.6 Å². The van der Waals surface area contributed by atoms with Gasteiger partial charge in [-0.3, -0.25) is 9.36 Å². The second-order valence-corrected chi connectivity index (χ2v) is 8.10. The van der Waals surface area contributed by atoms with Gasteiger partial charge in [-0.15, -0.1) is 0 Å². The van der Waals surface area contributed by atoms with Crippen molar-refractivity contribution in [2.75, 3.05) is 0 Å². The fourth-order valence-corrected chi connectivity index (χ4v) is 3.66. The van der Waals surface area contributed by atoms with Crippen molar-refractivity contribution in [3.8, 4) is 0 Å². The lowest BCUT2D eigenvalue weighted by atomic mass is 9.64. The molecule has 7 nitrogen and oxygen atoms in total. The lowest BCUT2D eigenvalue weighted by molar-refractivity contribution is -0.142. The minimum Gasteiger partial charge on any atom is -0.460 e.